The largest absolute Gasteiger partial charge is 0.493 e. The van der Waals surface area contributed by atoms with Crippen LogP contribution in [-0.4, -0.2) is 45.4 Å². The molecular formula is C19H18F3NO6. The summed E-state index contributed by atoms with van der Waals surface area (Å²) in [4.78, 5) is 23.7. The van der Waals surface area contributed by atoms with E-state index in [2.05, 4.69) is 10.1 Å². The lowest BCUT2D eigenvalue weighted by atomic mass is 10.2. The SMILES string of the molecule is COc1cc(C(=O)NCC(=O)OCCOc2ccc(F)cc2)ccc1OC(F)F. The summed E-state index contributed by atoms with van der Waals surface area (Å²) in [5.74, 6) is -1.59. The van der Waals surface area contributed by atoms with E-state index >= 15 is 0 Å². The number of alkyl halides is 2. The molecule has 0 heterocycles. The maximum Gasteiger partial charge on any atom is 0.387 e. The lowest BCUT2D eigenvalue weighted by Crippen LogP contribution is -2.31. The zero-order valence-corrected chi connectivity index (χ0v) is 15.3. The molecule has 7 nitrogen and oxygen atoms in total. The van der Waals surface area contributed by atoms with Crippen molar-refractivity contribution >= 4 is 11.9 Å². The fourth-order valence-electron chi connectivity index (χ4n) is 2.15. The third kappa shape index (κ3) is 7.24. The van der Waals surface area contributed by atoms with Gasteiger partial charge < -0.3 is 24.3 Å². The first-order valence-corrected chi connectivity index (χ1v) is 8.34. The van der Waals surface area contributed by atoms with Gasteiger partial charge in [0.15, 0.2) is 11.5 Å². The Kier molecular flexibility index (Phi) is 8.13. The fourth-order valence-corrected chi connectivity index (χ4v) is 2.15. The summed E-state index contributed by atoms with van der Waals surface area (Å²) in [7, 11) is 1.24. The van der Waals surface area contributed by atoms with Gasteiger partial charge in [0.2, 0.25) is 0 Å². The van der Waals surface area contributed by atoms with Crippen LogP contribution >= 0.6 is 0 Å². The maximum absolute atomic E-state index is 12.8. The molecule has 0 aliphatic rings. The molecular weight excluding hydrogens is 395 g/mol. The molecule has 156 valence electrons. The number of halogens is 3. The zero-order chi connectivity index (χ0) is 21.2. The van der Waals surface area contributed by atoms with Gasteiger partial charge in [-0.15, -0.1) is 0 Å². The minimum atomic E-state index is -3.04. The van der Waals surface area contributed by atoms with E-state index in [4.69, 9.17) is 14.2 Å². The molecule has 0 saturated heterocycles. The highest BCUT2D eigenvalue weighted by molar-refractivity contribution is 5.96. The van der Waals surface area contributed by atoms with Crippen molar-refractivity contribution in [3.63, 3.8) is 0 Å². The molecule has 0 unspecified atom stereocenters. The van der Waals surface area contributed by atoms with Crippen molar-refractivity contribution < 1.29 is 41.7 Å². The molecule has 0 saturated carbocycles. The number of nitrogens with one attached hydrogen (secondary N) is 1. The number of rotatable bonds is 10. The second-order valence-corrected chi connectivity index (χ2v) is 5.45. The van der Waals surface area contributed by atoms with Crippen molar-refractivity contribution in [3.8, 4) is 17.2 Å². The summed E-state index contributed by atoms with van der Waals surface area (Å²) in [6.07, 6.45) is 0. The Hall–Kier alpha value is -3.43. The maximum atomic E-state index is 12.8. The van der Waals surface area contributed by atoms with Gasteiger partial charge in [-0.05, 0) is 42.5 Å². The third-order valence-electron chi connectivity index (χ3n) is 3.46. The summed E-state index contributed by atoms with van der Waals surface area (Å²) in [5, 5.41) is 2.33. The molecule has 29 heavy (non-hydrogen) atoms. The predicted octanol–water partition coefficient (Wildman–Crippen LogP) is 2.79. The molecule has 1 N–H and O–H groups in total. The number of hydrogen-bond acceptors (Lipinski definition) is 6. The summed E-state index contributed by atoms with van der Waals surface area (Å²) in [5.41, 5.74) is 0.0795. The van der Waals surface area contributed by atoms with Crippen LogP contribution in [0.1, 0.15) is 10.4 Å². The van der Waals surface area contributed by atoms with Crippen molar-refractivity contribution in [2.75, 3.05) is 26.9 Å². The Morgan fingerprint density at radius 1 is 1.03 bits per heavy atom. The second kappa shape index (κ2) is 10.8. The van der Waals surface area contributed by atoms with E-state index in [1.807, 2.05) is 0 Å². The van der Waals surface area contributed by atoms with Gasteiger partial charge >= 0.3 is 12.6 Å². The van der Waals surface area contributed by atoms with Gasteiger partial charge in [0, 0.05) is 5.56 Å². The standard InChI is InChI=1S/C19H18F3NO6/c1-26-16-10-12(2-7-15(16)29-19(21)22)18(25)23-11-17(24)28-9-8-27-14-5-3-13(20)4-6-14/h2-7,10,19H,8-9,11H2,1H3,(H,23,25). The number of carbonyl (C=O) groups is 2. The number of methoxy groups -OCH3 is 1. The monoisotopic (exact) mass is 413 g/mol. The van der Waals surface area contributed by atoms with Gasteiger partial charge in [0.05, 0.1) is 7.11 Å². The molecule has 0 aliphatic carbocycles. The van der Waals surface area contributed by atoms with Crippen LogP contribution < -0.4 is 19.5 Å². The van der Waals surface area contributed by atoms with Gasteiger partial charge in [-0.3, -0.25) is 9.59 Å². The summed E-state index contributed by atoms with van der Waals surface area (Å²) in [6.45, 7) is -3.47. The first-order chi connectivity index (χ1) is 13.9. The number of hydrogen-bond donors (Lipinski definition) is 1. The Bertz CT molecular complexity index is 829. The van der Waals surface area contributed by atoms with Gasteiger partial charge in [-0.2, -0.15) is 8.78 Å². The molecule has 0 aromatic heterocycles. The van der Waals surface area contributed by atoms with Gasteiger partial charge in [0.25, 0.3) is 5.91 Å². The van der Waals surface area contributed by atoms with Crippen molar-refractivity contribution in [1.82, 2.24) is 5.32 Å². The molecule has 0 aliphatic heterocycles. The highest BCUT2D eigenvalue weighted by atomic mass is 19.3. The minimum absolute atomic E-state index is 0.0497. The number of amides is 1. The van der Waals surface area contributed by atoms with Crippen LogP contribution in [0.25, 0.3) is 0 Å². The van der Waals surface area contributed by atoms with Crippen LogP contribution in [0.2, 0.25) is 0 Å². The Morgan fingerprint density at radius 2 is 1.76 bits per heavy atom. The van der Waals surface area contributed by atoms with E-state index in [-0.39, 0.29) is 30.3 Å². The second-order valence-electron chi connectivity index (χ2n) is 5.45. The molecule has 10 heteroatoms. The molecule has 2 aromatic carbocycles. The predicted molar refractivity (Wildman–Crippen MR) is 94.8 cm³/mol. The number of carbonyl (C=O) groups excluding carboxylic acids is 2. The van der Waals surface area contributed by atoms with Gasteiger partial charge in [-0.25, -0.2) is 4.39 Å². The van der Waals surface area contributed by atoms with Crippen LogP contribution in [0, 0.1) is 5.82 Å². The summed E-state index contributed by atoms with van der Waals surface area (Å²) < 4.78 is 56.7. The minimum Gasteiger partial charge on any atom is -0.493 e. The summed E-state index contributed by atoms with van der Waals surface area (Å²) >= 11 is 0. The zero-order valence-electron chi connectivity index (χ0n) is 15.3. The lowest BCUT2D eigenvalue weighted by Gasteiger charge is -2.11. The van der Waals surface area contributed by atoms with E-state index < -0.39 is 30.8 Å². The van der Waals surface area contributed by atoms with Gasteiger partial charge in [0.1, 0.15) is 31.3 Å². The third-order valence-corrected chi connectivity index (χ3v) is 3.46. The molecule has 2 rings (SSSR count). The Balaban J connectivity index is 1.75. The number of ether oxygens (including phenoxy) is 4. The first-order valence-electron chi connectivity index (χ1n) is 8.34. The quantitative estimate of drug-likeness (QED) is 0.477. The van der Waals surface area contributed by atoms with Crippen molar-refractivity contribution in [2.24, 2.45) is 0 Å². The number of benzene rings is 2. The van der Waals surface area contributed by atoms with Crippen LogP contribution in [0.4, 0.5) is 13.2 Å². The average molecular weight is 413 g/mol. The Morgan fingerprint density at radius 3 is 2.41 bits per heavy atom. The van der Waals surface area contributed by atoms with Crippen molar-refractivity contribution in [3.05, 3.63) is 53.8 Å². The molecule has 0 fully saturated rings. The molecule has 2 aromatic rings. The van der Waals surface area contributed by atoms with E-state index in [1.54, 1.807) is 0 Å². The molecule has 0 atom stereocenters. The van der Waals surface area contributed by atoms with Crippen LogP contribution in [0.3, 0.4) is 0 Å². The van der Waals surface area contributed by atoms with E-state index in [9.17, 15) is 22.8 Å². The van der Waals surface area contributed by atoms with Crippen LogP contribution in [0.5, 0.6) is 17.2 Å². The summed E-state index contributed by atoms with van der Waals surface area (Å²) in [6, 6.07) is 8.94. The molecule has 0 spiro atoms. The van der Waals surface area contributed by atoms with Crippen LogP contribution in [0.15, 0.2) is 42.5 Å². The van der Waals surface area contributed by atoms with E-state index in [0.29, 0.717) is 5.75 Å². The lowest BCUT2D eigenvalue weighted by molar-refractivity contribution is -0.143. The highest BCUT2D eigenvalue weighted by Crippen LogP contribution is 2.29. The highest BCUT2D eigenvalue weighted by Gasteiger charge is 2.15. The van der Waals surface area contributed by atoms with E-state index in [0.717, 1.165) is 6.07 Å². The average Bonchev–Trinajstić information content (AvgIpc) is 2.70. The first kappa shape index (κ1) is 21.9. The molecule has 0 radical (unpaired) electrons. The smallest absolute Gasteiger partial charge is 0.387 e. The van der Waals surface area contributed by atoms with E-state index in [1.165, 1.54) is 43.5 Å². The van der Waals surface area contributed by atoms with Crippen LogP contribution in [-0.2, 0) is 9.53 Å². The van der Waals surface area contributed by atoms with Crippen molar-refractivity contribution in [1.29, 1.82) is 0 Å². The normalized spacial score (nSPS) is 10.4. The Labute approximate surface area is 164 Å². The molecule has 0 bridgehead atoms. The number of esters is 1. The topological polar surface area (TPSA) is 83.1 Å². The van der Waals surface area contributed by atoms with Crippen molar-refractivity contribution in [2.45, 2.75) is 6.61 Å². The van der Waals surface area contributed by atoms with Gasteiger partial charge in [-0.1, -0.05) is 0 Å². The molecule has 1 amide bonds. The fraction of sp³-hybridized carbons (Fsp3) is 0.263.